The normalized spacial score (nSPS) is 16.6. The van der Waals surface area contributed by atoms with Gasteiger partial charge in [-0.15, -0.1) is 0 Å². The number of anilines is 1. The first kappa shape index (κ1) is 27.9. The van der Waals surface area contributed by atoms with Crippen LogP contribution in [-0.2, 0) is 30.7 Å². The summed E-state index contributed by atoms with van der Waals surface area (Å²) in [5.74, 6) is 0.497. The number of ether oxygens (including phenoxy) is 2. The topological polar surface area (TPSA) is 110 Å². The summed E-state index contributed by atoms with van der Waals surface area (Å²) in [6.45, 7) is 7.26. The van der Waals surface area contributed by atoms with Crippen molar-refractivity contribution in [3.05, 3.63) is 45.6 Å². The second kappa shape index (κ2) is 10.9. The first-order chi connectivity index (χ1) is 17.8. The number of halogens is 3. The highest BCUT2D eigenvalue weighted by Crippen LogP contribution is 2.39. The highest BCUT2D eigenvalue weighted by molar-refractivity contribution is 6.76. The number of carboxylic acid groups (broad SMARTS) is 1. The van der Waals surface area contributed by atoms with Crippen LogP contribution in [-0.4, -0.2) is 64.7 Å². The van der Waals surface area contributed by atoms with Crippen LogP contribution >= 0.6 is 0 Å². The van der Waals surface area contributed by atoms with Crippen LogP contribution in [0.25, 0.3) is 0 Å². The molecule has 0 unspecified atom stereocenters. The number of pyridine rings is 1. The molecule has 38 heavy (non-hydrogen) atoms. The average Bonchev–Trinajstić information content (AvgIpc) is 3.27. The van der Waals surface area contributed by atoms with Gasteiger partial charge in [0.1, 0.15) is 24.1 Å². The van der Waals surface area contributed by atoms with Gasteiger partial charge in [-0.1, -0.05) is 19.6 Å². The summed E-state index contributed by atoms with van der Waals surface area (Å²) < 4.78 is 54.6. The zero-order valence-electron chi connectivity index (χ0n) is 21.6. The molecule has 0 atom stereocenters. The molecule has 1 N–H and O–H groups in total. The first-order valence-electron chi connectivity index (χ1n) is 12.4. The third kappa shape index (κ3) is 6.46. The summed E-state index contributed by atoms with van der Waals surface area (Å²) in [5, 5.41) is 13.1. The Labute approximate surface area is 219 Å². The Morgan fingerprint density at radius 1 is 1.21 bits per heavy atom. The lowest BCUT2D eigenvalue weighted by atomic mass is 10.1. The molecule has 2 aromatic heterocycles. The van der Waals surface area contributed by atoms with Gasteiger partial charge >= 0.3 is 12.3 Å². The molecule has 0 aliphatic carbocycles. The number of hydrogen-bond acceptors (Lipinski definition) is 7. The minimum atomic E-state index is -4.89. The minimum Gasteiger partial charge on any atom is -0.490 e. The molecule has 2 aliphatic rings. The summed E-state index contributed by atoms with van der Waals surface area (Å²) in [6, 6.07) is 2.47. The Hall–Kier alpha value is -3.13. The predicted octanol–water partition coefficient (Wildman–Crippen LogP) is 4.01. The third-order valence-corrected chi connectivity index (χ3v) is 8.36. The molecule has 4 rings (SSSR count). The average molecular weight is 556 g/mol. The van der Waals surface area contributed by atoms with Crippen LogP contribution in [0.1, 0.15) is 29.7 Å². The van der Waals surface area contributed by atoms with E-state index in [1.54, 1.807) is 6.07 Å². The lowest BCUT2D eigenvalue weighted by Gasteiger charge is -2.30. The van der Waals surface area contributed by atoms with E-state index in [-0.39, 0.29) is 31.6 Å². The van der Waals surface area contributed by atoms with Gasteiger partial charge in [-0.05, 0) is 12.1 Å². The second-order valence-electron chi connectivity index (χ2n) is 10.7. The Morgan fingerprint density at radius 2 is 1.92 bits per heavy atom. The van der Waals surface area contributed by atoms with Gasteiger partial charge in [-0.25, -0.2) is 9.48 Å². The molecular formula is C24H32F3N5O5Si. The summed E-state index contributed by atoms with van der Waals surface area (Å²) in [5.41, 5.74) is -1.68. The van der Waals surface area contributed by atoms with E-state index in [1.807, 2.05) is 0 Å². The largest absolute Gasteiger partial charge is 0.490 e. The molecule has 1 fully saturated rings. The van der Waals surface area contributed by atoms with Crippen LogP contribution in [0.5, 0.6) is 5.75 Å². The molecule has 4 heterocycles. The van der Waals surface area contributed by atoms with E-state index in [0.29, 0.717) is 54.2 Å². The van der Waals surface area contributed by atoms with Crippen LogP contribution < -0.4 is 15.2 Å². The number of rotatable bonds is 8. The molecule has 0 aromatic carbocycles. The summed E-state index contributed by atoms with van der Waals surface area (Å²) in [6.07, 6.45) is -2.49. The monoisotopic (exact) mass is 555 g/mol. The third-order valence-electron chi connectivity index (χ3n) is 6.66. The van der Waals surface area contributed by atoms with Crippen molar-refractivity contribution in [1.29, 1.82) is 0 Å². The van der Waals surface area contributed by atoms with E-state index in [0.717, 1.165) is 12.2 Å². The van der Waals surface area contributed by atoms with Crippen LogP contribution in [0, 0.1) is 0 Å². The lowest BCUT2D eigenvalue weighted by Crippen LogP contribution is -2.41. The number of nitrogens with zero attached hydrogens (tertiary/aromatic N) is 5. The van der Waals surface area contributed by atoms with Gasteiger partial charge in [0.2, 0.25) is 0 Å². The minimum absolute atomic E-state index is 0.0604. The Bertz CT molecular complexity index is 1230. The fourth-order valence-electron chi connectivity index (χ4n) is 4.48. The highest BCUT2D eigenvalue weighted by atomic mass is 28.3. The van der Waals surface area contributed by atoms with E-state index in [4.69, 9.17) is 14.6 Å². The smallest absolute Gasteiger partial charge is 0.423 e. The van der Waals surface area contributed by atoms with Crippen molar-refractivity contribution in [1.82, 2.24) is 19.7 Å². The zero-order valence-corrected chi connectivity index (χ0v) is 22.6. The van der Waals surface area contributed by atoms with Gasteiger partial charge in [-0.2, -0.15) is 18.3 Å². The molecule has 0 saturated carbocycles. The predicted molar refractivity (Wildman–Crippen MR) is 135 cm³/mol. The molecular weight excluding hydrogens is 523 g/mol. The van der Waals surface area contributed by atoms with Gasteiger partial charge in [0, 0.05) is 58.9 Å². The van der Waals surface area contributed by atoms with Gasteiger partial charge in [0.05, 0.1) is 24.1 Å². The van der Waals surface area contributed by atoms with E-state index >= 15 is 0 Å². The number of piperidine rings is 1. The molecule has 1 saturated heterocycles. The van der Waals surface area contributed by atoms with Gasteiger partial charge in [-0.3, -0.25) is 9.78 Å². The number of alkyl halides is 3. The van der Waals surface area contributed by atoms with E-state index in [1.165, 1.54) is 16.0 Å². The summed E-state index contributed by atoms with van der Waals surface area (Å²) in [7, 11) is -1.40. The fourth-order valence-corrected chi connectivity index (χ4v) is 5.24. The molecule has 2 aliphatic heterocycles. The number of fused-ring (bicyclic) bond motifs is 1. The molecule has 2 aromatic rings. The molecule has 0 bridgehead atoms. The maximum absolute atomic E-state index is 14.1. The van der Waals surface area contributed by atoms with Gasteiger partial charge in [0.15, 0.2) is 0 Å². The summed E-state index contributed by atoms with van der Waals surface area (Å²) in [4.78, 5) is 31.1. The summed E-state index contributed by atoms with van der Waals surface area (Å²) >= 11 is 0. The Balaban J connectivity index is 1.51. The van der Waals surface area contributed by atoms with Gasteiger partial charge < -0.3 is 24.4 Å². The van der Waals surface area contributed by atoms with Crippen molar-refractivity contribution in [3.8, 4) is 5.75 Å². The maximum atomic E-state index is 14.1. The van der Waals surface area contributed by atoms with E-state index in [9.17, 15) is 22.8 Å². The quantitative estimate of drug-likeness (QED) is 0.384. The fraction of sp³-hybridized carbons (Fsp3) is 0.583. The van der Waals surface area contributed by atoms with Crippen LogP contribution in [0.15, 0.2) is 23.3 Å². The zero-order chi connectivity index (χ0) is 27.7. The SMILES string of the molecule is C[Si](C)(C)CCOCn1ncc(N2Cc3nccc(OC4CCN(C(=O)O)CC4)c3C2)c(C(F)(F)F)c1=O. The highest BCUT2D eigenvalue weighted by Gasteiger charge is 2.41. The number of hydrogen-bond donors (Lipinski definition) is 1. The van der Waals surface area contributed by atoms with Crippen LogP contribution in [0.3, 0.4) is 0 Å². The standard InChI is InChI=1S/C24H32F3N5O5Si/c1-38(2,3)11-10-36-15-32-22(33)21(24(25,26)27)19(12-29-32)31-13-17-18(14-31)28-7-4-20(17)37-16-5-8-30(9-6-16)23(34)35/h4,7,12,16H,5-6,8-11,13-15H2,1-3H3,(H,34,35). The van der Waals surface area contributed by atoms with Crippen molar-refractivity contribution in [2.45, 2.75) is 70.6 Å². The molecule has 1 amide bonds. The molecule has 0 spiro atoms. The van der Waals surface area contributed by atoms with Crippen molar-refractivity contribution in [2.24, 2.45) is 0 Å². The molecule has 14 heteroatoms. The Kier molecular flexibility index (Phi) is 8.02. The van der Waals surface area contributed by atoms with Crippen molar-refractivity contribution in [2.75, 3.05) is 24.6 Å². The van der Waals surface area contributed by atoms with E-state index < -0.39 is 31.5 Å². The van der Waals surface area contributed by atoms with Crippen molar-refractivity contribution >= 4 is 19.9 Å². The van der Waals surface area contributed by atoms with Crippen molar-refractivity contribution < 1.29 is 32.5 Å². The van der Waals surface area contributed by atoms with Crippen LogP contribution in [0.2, 0.25) is 25.7 Å². The van der Waals surface area contributed by atoms with Crippen molar-refractivity contribution in [3.63, 3.8) is 0 Å². The second-order valence-corrected chi connectivity index (χ2v) is 16.4. The van der Waals surface area contributed by atoms with Gasteiger partial charge in [0.25, 0.3) is 5.56 Å². The maximum Gasteiger partial charge on any atom is 0.423 e. The lowest BCUT2D eigenvalue weighted by molar-refractivity contribution is -0.138. The number of carbonyl (C=O) groups is 1. The number of amides is 1. The molecule has 208 valence electrons. The van der Waals surface area contributed by atoms with E-state index in [2.05, 4.69) is 29.7 Å². The van der Waals surface area contributed by atoms with Crippen LogP contribution in [0.4, 0.5) is 23.7 Å². The molecule has 10 nitrogen and oxygen atoms in total. The first-order valence-corrected chi connectivity index (χ1v) is 16.2. The number of likely N-dealkylation sites (tertiary alicyclic amines) is 1. The molecule has 0 radical (unpaired) electrons. The number of aromatic nitrogens is 3. The Morgan fingerprint density at radius 3 is 2.55 bits per heavy atom.